The van der Waals surface area contributed by atoms with Crippen molar-refractivity contribution < 1.29 is 9.53 Å². The Balaban J connectivity index is 0.000000735. The van der Waals surface area contributed by atoms with Gasteiger partial charge in [0.1, 0.15) is 0 Å². The van der Waals surface area contributed by atoms with Gasteiger partial charge in [-0.1, -0.05) is 44.2 Å². The van der Waals surface area contributed by atoms with Crippen molar-refractivity contribution >= 4 is 51.4 Å². The van der Waals surface area contributed by atoms with Crippen molar-refractivity contribution in [2.75, 3.05) is 23.9 Å². The fraction of sp³-hybridized carbons (Fsp3) is 0.583. The normalized spacial score (nSPS) is 14.4. The SMILES string of the molecule is CC(C)C.O=COCCCCCSc1cc(=O)sc2cccc(C3CCSCC3)c12. The zero-order valence-electron chi connectivity index (χ0n) is 18.4. The quantitative estimate of drug-likeness (QED) is 0.227. The molecule has 3 nitrogen and oxygen atoms in total. The molecule has 2 heterocycles. The van der Waals surface area contributed by atoms with Gasteiger partial charge >= 0.3 is 0 Å². The molecule has 2 aromatic rings. The molecule has 1 aromatic carbocycles. The Kier molecular flexibility index (Phi) is 11.9. The van der Waals surface area contributed by atoms with Crippen LogP contribution < -0.4 is 4.74 Å². The summed E-state index contributed by atoms with van der Waals surface area (Å²) >= 11 is 5.21. The van der Waals surface area contributed by atoms with Crippen molar-refractivity contribution in [3.05, 3.63) is 39.4 Å². The first-order valence-corrected chi connectivity index (χ1v) is 13.8. The van der Waals surface area contributed by atoms with E-state index in [2.05, 4.69) is 39.0 Å². The maximum absolute atomic E-state index is 12.2. The van der Waals surface area contributed by atoms with Crippen molar-refractivity contribution in [3.63, 3.8) is 0 Å². The van der Waals surface area contributed by atoms with Crippen LogP contribution in [0.2, 0.25) is 0 Å². The van der Waals surface area contributed by atoms with E-state index in [0.29, 0.717) is 19.0 Å². The summed E-state index contributed by atoms with van der Waals surface area (Å²) in [5, 5.41) is 1.31. The van der Waals surface area contributed by atoms with E-state index < -0.39 is 0 Å². The Morgan fingerprint density at radius 1 is 1.17 bits per heavy atom. The zero-order chi connectivity index (χ0) is 21.8. The van der Waals surface area contributed by atoms with E-state index in [4.69, 9.17) is 4.74 Å². The summed E-state index contributed by atoms with van der Waals surface area (Å²) in [7, 11) is 0. The highest BCUT2D eigenvalue weighted by atomic mass is 32.2. The molecule has 0 spiro atoms. The van der Waals surface area contributed by atoms with E-state index in [1.54, 1.807) is 11.8 Å². The van der Waals surface area contributed by atoms with Gasteiger partial charge in [-0.15, -0.1) is 11.8 Å². The highest BCUT2D eigenvalue weighted by Crippen LogP contribution is 2.39. The predicted molar refractivity (Wildman–Crippen MR) is 134 cm³/mol. The lowest BCUT2D eigenvalue weighted by atomic mass is 9.91. The van der Waals surface area contributed by atoms with Gasteiger partial charge in [0.15, 0.2) is 0 Å². The van der Waals surface area contributed by atoms with Crippen LogP contribution in [0.4, 0.5) is 0 Å². The van der Waals surface area contributed by atoms with E-state index in [0.717, 1.165) is 40.5 Å². The number of ether oxygens (including phenoxy) is 1. The van der Waals surface area contributed by atoms with Crippen molar-refractivity contribution in [2.24, 2.45) is 5.92 Å². The molecule has 1 saturated heterocycles. The van der Waals surface area contributed by atoms with Crippen LogP contribution in [0.25, 0.3) is 10.1 Å². The second kappa shape index (κ2) is 14.2. The molecular formula is C24H34O3S3. The molecule has 0 amide bonds. The summed E-state index contributed by atoms with van der Waals surface area (Å²) < 4.78 is 5.98. The predicted octanol–water partition coefficient (Wildman–Crippen LogP) is 6.97. The summed E-state index contributed by atoms with van der Waals surface area (Å²) in [6, 6.07) is 8.29. The molecule has 0 aliphatic carbocycles. The second-order valence-corrected chi connectivity index (χ2v) is 11.6. The van der Waals surface area contributed by atoms with Crippen molar-refractivity contribution in [1.82, 2.24) is 0 Å². The Bertz CT molecular complexity index is 823. The first kappa shape index (κ1) is 25.3. The molecule has 1 fully saturated rings. The first-order valence-electron chi connectivity index (χ1n) is 10.9. The van der Waals surface area contributed by atoms with Gasteiger partial charge in [0, 0.05) is 21.0 Å². The fourth-order valence-corrected chi connectivity index (χ4v) is 6.62. The summed E-state index contributed by atoms with van der Waals surface area (Å²) in [4.78, 5) is 23.4. The number of rotatable bonds is 9. The monoisotopic (exact) mass is 466 g/mol. The van der Waals surface area contributed by atoms with Crippen LogP contribution in [-0.2, 0) is 9.53 Å². The molecular weight excluding hydrogens is 432 g/mol. The van der Waals surface area contributed by atoms with E-state index in [9.17, 15) is 9.59 Å². The average molecular weight is 467 g/mol. The Hall–Kier alpha value is -0.980. The lowest BCUT2D eigenvalue weighted by Gasteiger charge is -2.23. The van der Waals surface area contributed by atoms with Gasteiger partial charge in [-0.3, -0.25) is 9.59 Å². The molecule has 1 aromatic heterocycles. The largest absolute Gasteiger partial charge is 0.468 e. The first-order chi connectivity index (χ1) is 14.5. The van der Waals surface area contributed by atoms with Crippen LogP contribution in [0.3, 0.4) is 0 Å². The van der Waals surface area contributed by atoms with Gasteiger partial charge in [0.05, 0.1) is 6.61 Å². The fourth-order valence-electron chi connectivity index (χ4n) is 3.37. The summed E-state index contributed by atoms with van der Waals surface area (Å²) in [6.07, 6.45) is 5.45. The maximum atomic E-state index is 12.2. The molecule has 30 heavy (non-hydrogen) atoms. The Morgan fingerprint density at radius 3 is 2.60 bits per heavy atom. The van der Waals surface area contributed by atoms with Gasteiger partial charge in [-0.25, -0.2) is 0 Å². The maximum Gasteiger partial charge on any atom is 0.293 e. The summed E-state index contributed by atoms with van der Waals surface area (Å²) in [5.41, 5.74) is 1.43. The van der Waals surface area contributed by atoms with Crippen molar-refractivity contribution in [2.45, 2.75) is 63.7 Å². The minimum Gasteiger partial charge on any atom is -0.468 e. The van der Waals surface area contributed by atoms with Crippen LogP contribution in [0.5, 0.6) is 0 Å². The number of hydrogen-bond acceptors (Lipinski definition) is 6. The third-order valence-corrected chi connectivity index (χ3v) is 7.71. The third-order valence-electron chi connectivity index (χ3n) is 4.66. The minimum absolute atomic E-state index is 0.135. The molecule has 1 aliphatic heterocycles. The molecule has 0 saturated carbocycles. The smallest absolute Gasteiger partial charge is 0.293 e. The summed E-state index contributed by atoms with van der Waals surface area (Å²) in [5.74, 6) is 4.90. The number of carbonyl (C=O) groups excluding carboxylic acids is 1. The number of unbranched alkanes of at least 4 members (excludes halogenated alkanes) is 2. The molecule has 3 rings (SSSR count). The molecule has 0 radical (unpaired) electrons. The number of hydrogen-bond donors (Lipinski definition) is 0. The average Bonchev–Trinajstić information content (AvgIpc) is 2.72. The van der Waals surface area contributed by atoms with Gasteiger partial charge in [-0.05, 0) is 72.8 Å². The minimum atomic E-state index is 0.135. The number of carbonyl (C=O) groups is 1. The standard InChI is InChI=1S/C20H24O3S3.C4H10/c21-14-23-9-2-1-3-10-25-18-13-19(22)26-17-6-4-5-16(20(17)18)15-7-11-24-12-8-15;1-4(2)3/h4-6,13-15H,1-3,7-12H2;4H,1-3H3. The van der Waals surface area contributed by atoms with Crippen molar-refractivity contribution in [1.29, 1.82) is 0 Å². The highest BCUT2D eigenvalue weighted by molar-refractivity contribution is 7.99. The Morgan fingerprint density at radius 2 is 1.90 bits per heavy atom. The van der Waals surface area contributed by atoms with Gasteiger partial charge in [0.25, 0.3) is 6.47 Å². The van der Waals surface area contributed by atoms with E-state index in [-0.39, 0.29) is 4.74 Å². The van der Waals surface area contributed by atoms with Crippen molar-refractivity contribution in [3.8, 4) is 0 Å². The van der Waals surface area contributed by atoms with Gasteiger partial charge in [-0.2, -0.15) is 11.8 Å². The molecule has 0 atom stereocenters. The van der Waals surface area contributed by atoms with Gasteiger partial charge < -0.3 is 4.74 Å². The number of thioether (sulfide) groups is 2. The lowest BCUT2D eigenvalue weighted by molar-refractivity contribution is -0.128. The van der Waals surface area contributed by atoms with E-state index in [1.165, 1.54) is 46.6 Å². The molecule has 166 valence electrons. The number of benzene rings is 1. The zero-order valence-corrected chi connectivity index (χ0v) is 20.8. The van der Waals surface area contributed by atoms with E-state index >= 15 is 0 Å². The second-order valence-electron chi connectivity index (χ2n) is 8.14. The topological polar surface area (TPSA) is 43.4 Å². The van der Waals surface area contributed by atoms with Gasteiger partial charge in [0.2, 0.25) is 4.74 Å². The van der Waals surface area contributed by atoms with Crippen LogP contribution >= 0.6 is 34.9 Å². The van der Waals surface area contributed by atoms with Crippen LogP contribution in [0.1, 0.15) is 64.4 Å². The third kappa shape index (κ3) is 8.64. The summed E-state index contributed by atoms with van der Waals surface area (Å²) in [6.45, 7) is 7.51. The van der Waals surface area contributed by atoms with E-state index in [1.807, 2.05) is 17.8 Å². The molecule has 6 heteroatoms. The van der Waals surface area contributed by atoms with Crippen LogP contribution in [-0.4, -0.2) is 30.3 Å². The molecule has 0 bridgehead atoms. The van der Waals surface area contributed by atoms with Crippen LogP contribution in [0.15, 0.2) is 34.0 Å². The molecule has 0 N–H and O–H groups in total. The number of fused-ring (bicyclic) bond motifs is 1. The van der Waals surface area contributed by atoms with Crippen LogP contribution in [0, 0.1) is 5.92 Å². The Labute approximate surface area is 193 Å². The lowest BCUT2D eigenvalue weighted by Crippen LogP contribution is -2.09. The molecule has 0 unspecified atom stereocenters. The molecule has 1 aliphatic rings. The highest BCUT2D eigenvalue weighted by Gasteiger charge is 2.20.